The molecule has 0 aliphatic rings. The predicted octanol–water partition coefficient (Wildman–Crippen LogP) is 1.06. The van der Waals surface area contributed by atoms with E-state index in [0.29, 0.717) is 12.2 Å². The average molecular weight is 226 g/mol. The third-order valence-corrected chi connectivity index (χ3v) is 2.19. The highest BCUT2D eigenvalue weighted by Gasteiger charge is 2.11. The zero-order valence-electron chi connectivity index (χ0n) is 9.06. The molecule has 0 heterocycles. The number of benzene rings is 1. The number of carbonyl (C=O) groups is 1. The maximum atomic E-state index is 12.9. The van der Waals surface area contributed by atoms with Crippen molar-refractivity contribution in [3.8, 4) is 0 Å². The summed E-state index contributed by atoms with van der Waals surface area (Å²) in [6.07, 6.45) is -0.0976. The van der Waals surface area contributed by atoms with Crippen molar-refractivity contribution in [2.75, 3.05) is 18.5 Å². The molecule has 1 aromatic carbocycles. The molecule has 0 bridgehead atoms. The summed E-state index contributed by atoms with van der Waals surface area (Å²) in [4.78, 5) is 12.2. The second kappa shape index (κ2) is 5.46. The first-order chi connectivity index (χ1) is 7.49. The minimum atomic E-state index is -0.930. The number of hydrogen-bond donors (Lipinski definition) is 2. The molecule has 0 amide bonds. The Morgan fingerprint density at radius 1 is 1.62 bits per heavy atom. The molecule has 0 saturated heterocycles. The van der Waals surface area contributed by atoms with Crippen molar-refractivity contribution in [1.82, 2.24) is 0 Å². The van der Waals surface area contributed by atoms with E-state index in [9.17, 15) is 9.18 Å². The first kappa shape index (κ1) is 12.4. The summed E-state index contributed by atoms with van der Waals surface area (Å²) in [5.41, 5.74) is 6.32. The van der Waals surface area contributed by atoms with E-state index >= 15 is 0 Å². The summed E-state index contributed by atoms with van der Waals surface area (Å²) in [6.45, 7) is 0.371. The number of carboxylic acid groups (broad SMARTS) is 1. The number of nitrogens with two attached hydrogens (primary N) is 1. The molecule has 0 saturated carbocycles. The zero-order chi connectivity index (χ0) is 12.1. The third-order valence-electron chi connectivity index (χ3n) is 2.19. The lowest BCUT2D eigenvalue weighted by molar-refractivity contribution is -0.137. The van der Waals surface area contributed by atoms with E-state index in [1.807, 2.05) is 0 Å². The molecule has 0 aliphatic heterocycles. The zero-order valence-corrected chi connectivity index (χ0v) is 9.06. The Morgan fingerprint density at radius 2 is 2.31 bits per heavy atom. The van der Waals surface area contributed by atoms with Crippen LogP contribution in [0.15, 0.2) is 24.3 Å². The fourth-order valence-corrected chi connectivity index (χ4v) is 1.46. The lowest BCUT2D eigenvalue weighted by Gasteiger charge is -2.22. The number of likely N-dealkylation sites (N-methyl/N-ethyl adjacent to an activating group) is 1. The largest absolute Gasteiger partial charge is 0.481 e. The standard InChI is InChI=1S/C11H15FN2O2/c1-14(7-9(13)6-11(15)16)10-4-2-3-8(12)5-10/h2-5,9H,6-7,13H2,1H3,(H,15,16). The molecule has 1 atom stereocenters. The van der Waals surface area contributed by atoms with Crippen molar-refractivity contribution >= 4 is 11.7 Å². The monoisotopic (exact) mass is 226 g/mol. The Kier molecular flexibility index (Phi) is 4.25. The normalized spacial score (nSPS) is 12.2. The molecule has 1 aromatic rings. The topological polar surface area (TPSA) is 66.6 Å². The van der Waals surface area contributed by atoms with Gasteiger partial charge >= 0.3 is 5.97 Å². The minimum Gasteiger partial charge on any atom is -0.481 e. The van der Waals surface area contributed by atoms with E-state index in [0.717, 1.165) is 0 Å². The highest BCUT2D eigenvalue weighted by atomic mass is 19.1. The number of anilines is 1. The van der Waals surface area contributed by atoms with Crippen LogP contribution in [0.25, 0.3) is 0 Å². The Balaban J connectivity index is 2.58. The van der Waals surface area contributed by atoms with Crippen LogP contribution in [0, 0.1) is 5.82 Å². The van der Waals surface area contributed by atoms with Gasteiger partial charge in [-0.3, -0.25) is 4.79 Å². The van der Waals surface area contributed by atoms with Crippen molar-refractivity contribution in [2.24, 2.45) is 5.73 Å². The summed E-state index contributed by atoms with van der Waals surface area (Å²) >= 11 is 0. The van der Waals surface area contributed by atoms with E-state index in [1.165, 1.54) is 12.1 Å². The second-order valence-corrected chi connectivity index (χ2v) is 3.72. The maximum absolute atomic E-state index is 12.9. The van der Waals surface area contributed by atoms with Gasteiger partial charge in [-0.1, -0.05) is 6.07 Å². The van der Waals surface area contributed by atoms with Gasteiger partial charge in [0.2, 0.25) is 0 Å². The van der Waals surface area contributed by atoms with Gasteiger partial charge < -0.3 is 15.7 Å². The molecular weight excluding hydrogens is 211 g/mol. The van der Waals surface area contributed by atoms with Crippen molar-refractivity contribution < 1.29 is 14.3 Å². The Bertz CT molecular complexity index is 371. The van der Waals surface area contributed by atoms with Crippen LogP contribution in [0.2, 0.25) is 0 Å². The molecule has 0 radical (unpaired) electrons. The van der Waals surface area contributed by atoms with Gasteiger partial charge in [0.15, 0.2) is 0 Å². The maximum Gasteiger partial charge on any atom is 0.304 e. The summed E-state index contributed by atoms with van der Waals surface area (Å²) in [5.74, 6) is -1.25. The van der Waals surface area contributed by atoms with E-state index in [4.69, 9.17) is 10.8 Å². The van der Waals surface area contributed by atoms with Gasteiger partial charge in [0.1, 0.15) is 5.82 Å². The molecule has 0 fully saturated rings. The Morgan fingerprint density at radius 3 is 2.88 bits per heavy atom. The van der Waals surface area contributed by atoms with Gasteiger partial charge in [-0.15, -0.1) is 0 Å². The molecule has 3 N–H and O–H groups in total. The summed E-state index contributed by atoms with van der Waals surface area (Å²) < 4.78 is 12.9. The summed E-state index contributed by atoms with van der Waals surface area (Å²) in [5, 5.41) is 8.55. The minimum absolute atomic E-state index is 0.0976. The Labute approximate surface area is 93.5 Å². The molecule has 0 aliphatic carbocycles. The fourth-order valence-electron chi connectivity index (χ4n) is 1.46. The lowest BCUT2D eigenvalue weighted by atomic mass is 10.2. The first-order valence-corrected chi connectivity index (χ1v) is 4.93. The van der Waals surface area contributed by atoms with Crippen LogP contribution in [0.1, 0.15) is 6.42 Å². The number of rotatable bonds is 5. The van der Waals surface area contributed by atoms with Crippen molar-refractivity contribution in [2.45, 2.75) is 12.5 Å². The van der Waals surface area contributed by atoms with Crippen LogP contribution >= 0.6 is 0 Å². The molecule has 1 rings (SSSR count). The van der Waals surface area contributed by atoms with Gasteiger partial charge in [-0.2, -0.15) is 0 Å². The van der Waals surface area contributed by atoms with Gasteiger partial charge in [0.05, 0.1) is 6.42 Å². The molecule has 0 spiro atoms. The van der Waals surface area contributed by atoms with E-state index < -0.39 is 12.0 Å². The van der Waals surface area contributed by atoms with Crippen LogP contribution < -0.4 is 10.6 Å². The van der Waals surface area contributed by atoms with Gasteiger partial charge in [-0.25, -0.2) is 4.39 Å². The molecule has 1 unspecified atom stereocenters. The van der Waals surface area contributed by atoms with Crippen LogP contribution in [0.5, 0.6) is 0 Å². The van der Waals surface area contributed by atoms with Crippen molar-refractivity contribution in [3.05, 3.63) is 30.1 Å². The van der Waals surface area contributed by atoms with Gasteiger partial charge in [0, 0.05) is 25.3 Å². The van der Waals surface area contributed by atoms with Crippen LogP contribution in [0.3, 0.4) is 0 Å². The van der Waals surface area contributed by atoms with Crippen LogP contribution in [-0.4, -0.2) is 30.7 Å². The molecule has 88 valence electrons. The highest BCUT2D eigenvalue weighted by molar-refractivity contribution is 5.67. The average Bonchev–Trinajstić information content (AvgIpc) is 2.16. The number of aliphatic carboxylic acids is 1. The molecule has 16 heavy (non-hydrogen) atoms. The molecule has 5 heteroatoms. The van der Waals surface area contributed by atoms with E-state index in [-0.39, 0.29) is 12.2 Å². The fraction of sp³-hybridized carbons (Fsp3) is 0.364. The Hall–Kier alpha value is -1.62. The van der Waals surface area contributed by atoms with Crippen LogP contribution in [-0.2, 0) is 4.79 Å². The van der Waals surface area contributed by atoms with Crippen molar-refractivity contribution in [3.63, 3.8) is 0 Å². The second-order valence-electron chi connectivity index (χ2n) is 3.72. The van der Waals surface area contributed by atoms with E-state index in [1.54, 1.807) is 24.1 Å². The van der Waals surface area contributed by atoms with Gasteiger partial charge in [0.25, 0.3) is 0 Å². The molecular formula is C11H15FN2O2. The summed E-state index contributed by atoms with van der Waals surface area (Å²) in [6, 6.07) is 5.62. The quantitative estimate of drug-likeness (QED) is 0.788. The number of hydrogen-bond acceptors (Lipinski definition) is 3. The number of nitrogens with zero attached hydrogens (tertiary/aromatic N) is 1. The third kappa shape index (κ3) is 3.86. The number of halogens is 1. The molecule has 4 nitrogen and oxygen atoms in total. The first-order valence-electron chi connectivity index (χ1n) is 4.93. The SMILES string of the molecule is CN(CC(N)CC(=O)O)c1cccc(F)c1. The highest BCUT2D eigenvalue weighted by Crippen LogP contribution is 2.14. The van der Waals surface area contributed by atoms with Gasteiger partial charge in [-0.05, 0) is 18.2 Å². The molecule has 0 aromatic heterocycles. The predicted molar refractivity (Wildman–Crippen MR) is 59.9 cm³/mol. The lowest BCUT2D eigenvalue weighted by Crippen LogP contribution is -2.36. The smallest absolute Gasteiger partial charge is 0.304 e. The summed E-state index contributed by atoms with van der Waals surface area (Å²) in [7, 11) is 1.75. The van der Waals surface area contributed by atoms with Crippen LogP contribution in [0.4, 0.5) is 10.1 Å². The number of carboxylic acids is 1. The van der Waals surface area contributed by atoms with Crippen molar-refractivity contribution in [1.29, 1.82) is 0 Å². The van der Waals surface area contributed by atoms with E-state index in [2.05, 4.69) is 0 Å².